The van der Waals surface area contributed by atoms with E-state index in [-0.39, 0.29) is 17.4 Å². The molecule has 0 spiro atoms. The van der Waals surface area contributed by atoms with E-state index in [1.807, 2.05) is 54.6 Å². The minimum absolute atomic E-state index is 0.152. The van der Waals surface area contributed by atoms with Gasteiger partial charge in [-0.25, -0.2) is 9.67 Å². The van der Waals surface area contributed by atoms with Crippen LogP contribution in [-0.2, 0) is 0 Å². The number of anilines is 1. The molecule has 0 aliphatic heterocycles. The Balaban J connectivity index is 1.61. The molecule has 162 valence electrons. The Bertz CT molecular complexity index is 1370. The van der Waals surface area contributed by atoms with Crippen molar-refractivity contribution in [3.63, 3.8) is 0 Å². The van der Waals surface area contributed by atoms with Crippen molar-refractivity contribution in [2.75, 3.05) is 5.73 Å². The average molecular weight is 493 g/mol. The van der Waals surface area contributed by atoms with E-state index < -0.39 is 11.6 Å². The second-order valence-corrected chi connectivity index (χ2v) is 9.02. The molecule has 1 fully saturated rings. The number of aliphatic hydroxyl groups is 1. The summed E-state index contributed by atoms with van der Waals surface area (Å²) in [4.78, 5) is 17.0. The summed E-state index contributed by atoms with van der Waals surface area (Å²) in [5.74, 6) is -0.496. The van der Waals surface area contributed by atoms with E-state index in [0.29, 0.717) is 24.1 Å². The first kappa shape index (κ1) is 20.6. The number of rotatable bonds is 4. The molecule has 0 bridgehead atoms. The minimum atomic E-state index is -1.24. The first-order valence-corrected chi connectivity index (χ1v) is 10.9. The molecule has 2 heterocycles. The molecular weight excluding hydrogens is 472 g/mol. The molecule has 0 radical (unpaired) electrons. The first-order chi connectivity index (χ1) is 15.2. The first-order valence-electron chi connectivity index (χ1n) is 10.1. The summed E-state index contributed by atoms with van der Waals surface area (Å²) in [6.45, 7) is 0. The number of hydrogen-bond acceptors (Lipinski definition) is 6. The van der Waals surface area contributed by atoms with Crippen LogP contribution in [0.25, 0.3) is 33.4 Å². The molecule has 0 atom stereocenters. The molecule has 32 heavy (non-hydrogen) atoms. The molecule has 0 unspecified atom stereocenters. The van der Waals surface area contributed by atoms with E-state index in [1.165, 1.54) is 4.68 Å². The van der Waals surface area contributed by atoms with Crippen molar-refractivity contribution in [3.8, 4) is 22.5 Å². The quantitative estimate of drug-likeness (QED) is 0.321. The zero-order chi connectivity index (χ0) is 22.6. The lowest BCUT2D eigenvalue weighted by Crippen LogP contribution is -2.52. The number of carbonyl (C=O) groups is 1. The topological polar surface area (TPSA) is 146 Å². The van der Waals surface area contributed by atoms with Crippen molar-refractivity contribution in [3.05, 3.63) is 64.6 Å². The number of nitrogens with two attached hydrogens (primary N) is 3. The van der Waals surface area contributed by atoms with Crippen molar-refractivity contribution in [1.82, 2.24) is 14.8 Å². The molecule has 8 nitrogen and oxygen atoms in total. The van der Waals surface area contributed by atoms with Crippen LogP contribution in [0.2, 0.25) is 0 Å². The van der Waals surface area contributed by atoms with Gasteiger partial charge in [0.2, 0.25) is 0 Å². The predicted octanol–water partition coefficient (Wildman–Crippen LogP) is 3.19. The smallest absolute Gasteiger partial charge is 0.254 e. The molecule has 1 amide bonds. The van der Waals surface area contributed by atoms with Crippen LogP contribution in [0.4, 0.5) is 5.82 Å². The largest absolute Gasteiger partial charge is 0.383 e. The summed E-state index contributed by atoms with van der Waals surface area (Å²) >= 11 is 3.57. The van der Waals surface area contributed by atoms with Gasteiger partial charge in [0.25, 0.3) is 5.91 Å². The number of halogens is 1. The number of benzene rings is 2. The lowest BCUT2D eigenvalue weighted by Gasteiger charge is -2.40. The monoisotopic (exact) mass is 492 g/mol. The maximum atomic E-state index is 12.2. The summed E-state index contributed by atoms with van der Waals surface area (Å²) in [5, 5.41) is 15.4. The Kier molecular flexibility index (Phi) is 4.77. The highest BCUT2D eigenvalue weighted by Gasteiger charge is 2.42. The zero-order valence-corrected chi connectivity index (χ0v) is 18.6. The van der Waals surface area contributed by atoms with E-state index in [4.69, 9.17) is 22.2 Å². The lowest BCUT2D eigenvalue weighted by atomic mass is 9.83. The highest BCUT2D eigenvalue weighted by atomic mass is 79.9. The van der Waals surface area contributed by atoms with E-state index >= 15 is 0 Å². The van der Waals surface area contributed by atoms with Crippen molar-refractivity contribution in [1.29, 1.82) is 0 Å². The number of primary amides is 1. The van der Waals surface area contributed by atoms with Crippen LogP contribution in [0.5, 0.6) is 0 Å². The van der Waals surface area contributed by atoms with Crippen molar-refractivity contribution < 1.29 is 9.90 Å². The van der Waals surface area contributed by atoms with E-state index in [9.17, 15) is 9.90 Å². The molecule has 4 aromatic rings. The predicted molar refractivity (Wildman–Crippen MR) is 126 cm³/mol. The SMILES string of the molecule is NC(=O)c1c(-c2ccc3ccc(-c4ccccc4Br)nc3c2)nn(C2CC(N)(O)C2)c1N. The lowest BCUT2D eigenvalue weighted by molar-refractivity contribution is -0.0643. The van der Waals surface area contributed by atoms with Gasteiger partial charge in [-0.3, -0.25) is 4.79 Å². The Morgan fingerprint density at radius 1 is 1.16 bits per heavy atom. The molecule has 1 aliphatic carbocycles. The number of nitrogens with zero attached hydrogens (tertiary/aromatic N) is 3. The van der Waals surface area contributed by atoms with Gasteiger partial charge in [0.15, 0.2) is 0 Å². The number of fused-ring (bicyclic) bond motifs is 1. The maximum absolute atomic E-state index is 12.2. The van der Waals surface area contributed by atoms with Crippen LogP contribution in [0, 0.1) is 0 Å². The van der Waals surface area contributed by atoms with Gasteiger partial charge in [-0.15, -0.1) is 0 Å². The third-order valence-electron chi connectivity index (χ3n) is 5.83. The van der Waals surface area contributed by atoms with Crippen LogP contribution in [-0.4, -0.2) is 31.5 Å². The zero-order valence-electron chi connectivity index (χ0n) is 17.0. The Hall–Kier alpha value is -3.27. The number of nitrogen functional groups attached to an aromatic ring is 1. The average Bonchev–Trinajstić information content (AvgIpc) is 3.08. The third kappa shape index (κ3) is 3.44. The Labute approximate surface area is 192 Å². The molecule has 2 aromatic carbocycles. The fraction of sp³-hybridized carbons (Fsp3) is 0.174. The maximum Gasteiger partial charge on any atom is 0.254 e. The van der Waals surface area contributed by atoms with Gasteiger partial charge >= 0.3 is 0 Å². The van der Waals surface area contributed by atoms with Gasteiger partial charge in [-0.1, -0.05) is 52.3 Å². The van der Waals surface area contributed by atoms with Gasteiger partial charge in [0.1, 0.15) is 22.8 Å². The fourth-order valence-electron chi connectivity index (χ4n) is 4.18. The summed E-state index contributed by atoms with van der Waals surface area (Å²) < 4.78 is 2.48. The number of carbonyl (C=O) groups excluding carboxylic acids is 1. The molecule has 9 heteroatoms. The van der Waals surface area contributed by atoms with Gasteiger partial charge in [0.05, 0.1) is 17.3 Å². The van der Waals surface area contributed by atoms with Crippen LogP contribution in [0.15, 0.2) is 59.1 Å². The van der Waals surface area contributed by atoms with Crippen LogP contribution >= 0.6 is 15.9 Å². The van der Waals surface area contributed by atoms with Crippen molar-refractivity contribution >= 4 is 38.6 Å². The highest BCUT2D eigenvalue weighted by molar-refractivity contribution is 9.10. The number of hydrogen-bond donors (Lipinski definition) is 4. The van der Waals surface area contributed by atoms with Crippen LogP contribution in [0.3, 0.4) is 0 Å². The second-order valence-electron chi connectivity index (χ2n) is 8.17. The van der Waals surface area contributed by atoms with E-state index in [0.717, 1.165) is 26.6 Å². The molecule has 0 saturated heterocycles. The highest BCUT2D eigenvalue weighted by Crippen LogP contribution is 2.41. The van der Waals surface area contributed by atoms with Gasteiger partial charge < -0.3 is 22.3 Å². The van der Waals surface area contributed by atoms with Crippen molar-refractivity contribution in [2.45, 2.75) is 24.6 Å². The number of pyridine rings is 1. The number of amides is 1. The summed E-state index contributed by atoms with van der Waals surface area (Å²) in [7, 11) is 0. The molecule has 7 N–H and O–H groups in total. The number of aromatic nitrogens is 3. The Morgan fingerprint density at radius 2 is 1.88 bits per heavy atom. The molecule has 5 rings (SSSR count). The van der Waals surface area contributed by atoms with Crippen LogP contribution < -0.4 is 17.2 Å². The molecule has 1 aliphatic rings. The molecular formula is C23H21BrN6O2. The third-order valence-corrected chi connectivity index (χ3v) is 6.52. The standard InChI is InChI=1S/C23H21BrN6O2/c24-16-4-2-1-3-15(16)17-8-7-12-5-6-13(9-18(12)28-17)20-19(22(26)31)21(25)30(29-20)14-10-23(27,32)11-14/h1-9,14,32H,10-11,25,27H2,(H2,26,31). The molecule has 1 saturated carbocycles. The normalized spacial score (nSPS) is 20.3. The Morgan fingerprint density at radius 3 is 2.56 bits per heavy atom. The van der Waals surface area contributed by atoms with Gasteiger partial charge in [0, 0.05) is 33.8 Å². The summed E-state index contributed by atoms with van der Waals surface area (Å²) in [6.07, 6.45) is 0.593. The molecule has 2 aromatic heterocycles. The summed E-state index contributed by atoms with van der Waals surface area (Å²) in [5.41, 5.74) is 20.1. The van der Waals surface area contributed by atoms with Gasteiger partial charge in [-0.2, -0.15) is 5.10 Å². The van der Waals surface area contributed by atoms with Crippen LogP contribution in [0.1, 0.15) is 29.2 Å². The second kappa shape index (κ2) is 7.40. The van der Waals surface area contributed by atoms with Gasteiger partial charge in [-0.05, 0) is 18.2 Å². The van der Waals surface area contributed by atoms with E-state index in [2.05, 4.69) is 21.0 Å². The van der Waals surface area contributed by atoms with Crippen molar-refractivity contribution in [2.24, 2.45) is 11.5 Å². The van der Waals surface area contributed by atoms with E-state index in [1.54, 1.807) is 0 Å². The fourth-order valence-corrected chi connectivity index (χ4v) is 4.67. The minimum Gasteiger partial charge on any atom is -0.383 e. The summed E-state index contributed by atoms with van der Waals surface area (Å²) in [6, 6.07) is 17.3.